The summed E-state index contributed by atoms with van der Waals surface area (Å²) < 4.78 is 50.0. The number of nitrogens with zero attached hydrogens (tertiary/aromatic N) is 2. The van der Waals surface area contributed by atoms with Crippen molar-refractivity contribution < 1.29 is 17.6 Å². The van der Waals surface area contributed by atoms with Gasteiger partial charge in [0.05, 0.1) is 17.7 Å². The summed E-state index contributed by atoms with van der Waals surface area (Å²) in [6, 6.07) is 3.58. The Balaban J connectivity index is 2.27. The molecule has 0 aliphatic carbocycles. The SMILES string of the molecule is Fc1cc(Cl)ncc1-c1ccc(CC(F)(F)F)cn1. The van der Waals surface area contributed by atoms with E-state index in [0.717, 1.165) is 12.3 Å². The maximum atomic E-state index is 13.6. The number of aromatic nitrogens is 2. The average molecular weight is 291 g/mol. The Bertz CT molecular complexity index is 581. The molecule has 0 amide bonds. The van der Waals surface area contributed by atoms with Crippen LogP contribution in [0.4, 0.5) is 17.6 Å². The van der Waals surface area contributed by atoms with Crippen LogP contribution in [0.3, 0.4) is 0 Å². The number of hydrogen-bond acceptors (Lipinski definition) is 2. The molecule has 0 spiro atoms. The maximum absolute atomic E-state index is 13.6. The van der Waals surface area contributed by atoms with E-state index in [9.17, 15) is 17.6 Å². The molecular weight excluding hydrogens is 284 g/mol. The van der Waals surface area contributed by atoms with Crippen molar-refractivity contribution in [2.75, 3.05) is 0 Å². The third kappa shape index (κ3) is 3.64. The van der Waals surface area contributed by atoms with Gasteiger partial charge in [0.25, 0.3) is 0 Å². The average Bonchev–Trinajstić information content (AvgIpc) is 2.28. The zero-order valence-corrected chi connectivity index (χ0v) is 10.1. The molecule has 0 N–H and O–H groups in total. The molecule has 2 aromatic rings. The standard InChI is InChI=1S/C12H7ClF4N2/c13-11-3-9(14)8(6-19-11)10-2-1-7(5-18-10)4-12(15,16)17/h1-3,5-6H,4H2. The first-order valence-electron chi connectivity index (χ1n) is 5.18. The van der Waals surface area contributed by atoms with Gasteiger partial charge >= 0.3 is 6.18 Å². The Morgan fingerprint density at radius 3 is 2.37 bits per heavy atom. The van der Waals surface area contributed by atoms with Crippen LogP contribution in [-0.4, -0.2) is 16.1 Å². The van der Waals surface area contributed by atoms with Crippen molar-refractivity contribution in [3.63, 3.8) is 0 Å². The first-order chi connectivity index (χ1) is 8.85. The van der Waals surface area contributed by atoms with Crippen LogP contribution in [0.15, 0.2) is 30.6 Å². The molecule has 2 aromatic heterocycles. The molecule has 0 bridgehead atoms. The van der Waals surface area contributed by atoms with Gasteiger partial charge in [-0.05, 0) is 11.6 Å². The van der Waals surface area contributed by atoms with E-state index in [0.29, 0.717) is 0 Å². The Kier molecular flexibility index (Phi) is 3.71. The van der Waals surface area contributed by atoms with Crippen molar-refractivity contribution in [2.24, 2.45) is 0 Å². The Morgan fingerprint density at radius 2 is 1.84 bits per heavy atom. The van der Waals surface area contributed by atoms with Gasteiger partial charge in [0, 0.05) is 18.5 Å². The summed E-state index contributed by atoms with van der Waals surface area (Å²) in [5.41, 5.74) is 0.300. The van der Waals surface area contributed by atoms with Gasteiger partial charge in [-0.25, -0.2) is 9.37 Å². The van der Waals surface area contributed by atoms with E-state index < -0.39 is 18.4 Å². The summed E-state index contributed by atoms with van der Waals surface area (Å²) in [6.07, 6.45) is -3.11. The lowest BCUT2D eigenvalue weighted by atomic mass is 10.1. The molecule has 0 unspecified atom stereocenters. The van der Waals surface area contributed by atoms with Gasteiger partial charge in [-0.15, -0.1) is 0 Å². The van der Waals surface area contributed by atoms with Crippen molar-refractivity contribution in [1.82, 2.24) is 9.97 Å². The molecule has 2 rings (SSSR count). The Labute approximate surface area is 111 Å². The van der Waals surface area contributed by atoms with Crippen LogP contribution in [-0.2, 0) is 6.42 Å². The van der Waals surface area contributed by atoms with Crippen molar-refractivity contribution >= 4 is 11.6 Å². The number of alkyl halides is 3. The molecule has 2 heterocycles. The molecule has 0 aromatic carbocycles. The quantitative estimate of drug-likeness (QED) is 0.616. The second-order valence-corrected chi connectivity index (χ2v) is 4.22. The third-order valence-electron chi connectivity index (χ3n) is 2.33. The topological polar surface area (TPSA) is 25.8 Å². The fraction of sp³-hybridized carbons (Fsp3) is 0.167. The second kappa shape index (κ2) is 5.13. The molecule has 0 aliphatic rings. The van der Waals surface area contributed by atoms with Crippen LogP contribution in [0.5, 0.6) is 0 Å². The van der Waals surface area contributed by atoms with Crippen molar-refractivity contribution in [2.45, 2.75) is 12.6 Å². The molecule has 0 aliphatic heterocycles. The molecular formula is C12H7ClF4N2. The van der Waals surface area contributed by atoms with E-state index in [1.807, 2.05) is 0 Å². The minimum absolute atomic E-state index is 0.00468. The monoisotopic (exact) mass is 290 g/mol. The van der Waals surface area contributed by atoms with Crippen LogP contribution in [0.2, 0.25) is 5.15 Å². The van der Waals surface area contributed by atoms with Gasteiger partial charge in [0.1, 0.15) is 11.0 Å². The number of hydrogen-bond donors (Lipinski definition) is 0. The summed E-state index contributed by atoms with van der Waals surface area (Å²) in [5.74, 6) is -0.629. The highest BCUT2D eigenvalue weighted by Crippen LogP contribution is 2.24. The first kappa shape index (κ1) is 13.7. The van der Waals surface area contributed by atoms with Gasteiger partial charge in [-0.3, -0.25) is 4.98 Å². The Morgan fingerprint density at radius 1 is 1.11 bits per heavy atom. The van der Waals surface area contributed by atoms with E-state index >= 15 is 0 Å². The lowest BCUT2D eigenvalue weighted by Gasteiger charge is -2.07. The predicted molar refractivity (Wildman–Crippen MR) is 62.2 cm³/mol. The summed E-state index contributed by atoms with van der Waals surface area (Å²) in [4.78, 5) is 7.50. The van der Waals surface area contributed by atoms with E-state index in [-0.39, 0.29) is 22.0 Å². The minimum atomic E-state index is -4.30. The number of rotatable bonds is 2. The Hall–Kier alpha value is -1.69. The first-order valence-corrected chi connectivity index (χ1v) is 5.56. The van der Waals surface area contributed by atoms with Crippen LogP contribution in [0.25, 0.3) is 11.3 Å². The molecule has 100 valence electrons. The molecule has 7 heteroatoms. The highest BCUT2D eigenvalue weighted by atomic mass is 35.5. The van der Waals surface area contributed by atoms with E-state index in [1.165, 1.54) is 18.3 Å². The summed E-state index contributed by atoms with van der Waals surface area (Å²) in [7, 11) is 0. The predicted octanol–water partition coefficient (Wildman–Crippen LogP) is 4.04. The van der Waals surface area contributed by atoms with E-state index in [1.54, 1.807) is 0 Å². The normalized spacial score (nSPS) is 11.6. The minimum Gasteiger partial charge on any atom is -0.256 e. The largest absolute Gasteiger partial charge is 0.393 e. The van der Waals surface area contributed by atoms with Gasteiger partial charge in [0.15, 0.2) is 0 Å². The fourth-order valence-electron chi connectivity index (χ4n) is 1.52. The second-order valence-electron chi connectivity index (χ2n) is 3.83. The van der Waals surface area contributed by atoms with E-state index in [4.69, 9.17) is 11.6 Å². The molecule has 0 atom stereocenters. The van der Waals surface area contributed by atoms with Crippen molar-refractivity contribution in [1.29, 1.82) is 0 Å². The zero-order chi connectivity index (χ0) is 14.0. The molecule has 0 fully saturated rings. The van der Waals surface area contributed by atoms with Gasteiger partial charge in [-0.2, -0.15) is 13.2 Å². The molecule has 0 saturated heterocycles. The van der Waals surface area contributed by atoms with E-state index in [2.05, 4.69) is 9.97 Å². The van der Waals surface area contributed by atoms with Crippen LogP contribution < -0.4 is 0 Å². The van der Waals surface area contributed by atoms with Gasteiger partial charge in [0.2, 0.25) is 0 Å². The van der Waals surface area contributed by atoms with Gasteiger partial charge < -0.3 is 0 Å². The summed E-state index contributed by atoms with van der Waals surface area (Å²) in [5, 5.41) is -0.00468. The van der Waals surface area contributed by atoms with Crippen LogP contribution in [0.1, 0.15) is 5.56 Å². The number of pyridine rings is 2. The lowest BCUT2D eigenvalue weighted by Crippen LogP contribution is -2.11. The van der Waals surface area contributed by atoms with Gasteiger partial charge in [-0.1, -0.05) is 17.7 Å². The number of halogens is 5. The molecule has 0 radical (unpaired) electrons. The molecule has 19 heavy (non-hydrogen) atoms. The van der Waals surface area contributed by atoms with Crippen molar-refractivity contribution in [3.8, 4) is 11.3 Å². The fourth-order valence-corrected chi connectivity index (χ4v) is 1.66. The smallest absolute Gasteiger partial charge is 0.256 e. The van der Waals surface area contributed by atoms with Crippen molar-refractivity contribution in [3.05, 3.63) is 47.1 Å². The van der Waals surface area contributed by atoms with Crippen LogP contribution >= 0.6 is 11.6 Å². The molecule has 0 saturated carbocycles. The zero-order valence-electron chi connectivity index (χ0n) is 9.38. The summed E-state index contributed by atoms with van der Waals surface area (Å²) in [6.45, 7) is 0. The lowest BCUT2D eigenvalue weighted by molar-refractivity contribution is -0.127. The maximum Gasteiger partial charge on any atom is 0.393 e. The summed E-state index contributed by atoms with van der Waals surface area (Å²) >= 11 is 5.51. The van der Waals surface area contributed by atoms with Crippen LogP contribution in [0, 0.1) is 5.82 Å². The highest BCUT2D eigenvalue weighted by Gasteiger charge is 2.27. The molecule has 2 nitrogen and oxygen atoms in total. The third-order valence-corrected chi connectivity index (χ3v) is 2.53. The highest BCUT2D eigenvalue weighted by molar-refractivity contribution is 6.29.